The van der Waals surface area contributed by atoms with Gasteiger partial charge in [-0.2, -0.15) is 0 Å². The van der Waals surface area contributed by atoms with Crippen molar-refractivity contribution in [1.29, 1.82) is 0 Å². The van der Waals surface area contributed by atoms with Crippen molar-refractivity contribution in [3.05, 3.63) is 69.2 Å². The van der Waals surface area contributed by atoms with E-state index in [1.807, 2.05) is 25.1 Å². The molecule has 2 aromatic rings. The summed E-state index contributed by atoms with van der Waals surface area (Å²) in [6, 6.07) is 11.7. The van der Waals surface area contributed by atoms with Crippen LogP contribution in [0.15, 0.2) is 36.4 Å². The summed E-state index contributed by atoms with van der Waals surface area (Å²) in [4.78, 5) is 12.5. The minimum Gasteiger partial charge on any atom is -0.289 e. The second kappa shape index (κ2) is 4.25. The van der Waals surface area contributed by atoms with Crippen LogP contribution < -0.4 is 0 Å². The van der Waals surface area contributed by atoms with Gasteiger partial charge in [-0.05, 0) is 55.2 Å². The number of halogens is 1. The third-order valence-electron chi connectivity index (χ3n) is 3.49. The molecule has 3 rings (SSSR count). The first-order valence-corrected chi connectivity index (χ1v) is 6.45. The Morgan fingerprint density at radius 3 is 2.56 bits per heavy atom. The summed E-state index contributed by atoms with van der Waals surface area (Å²) in [6.07, 6.45) is 1.77. The molecule has 0 saturated carbocycles. The van der Waals surface area contributed by atoms with E-state index >= 15 is 0 Å². The van der Waals surface area contributed by atoms with Gasteiger partial charge in [0.2, 0.25) is 0 Å². The Labute approximate surface area is 111 Å². The van der Waals surface area contributed by atoms with Gasteiger partial charge in [-0.1, -0.05) is 29.3 Å². The van der Waals surface area contributed by atoms with E-state index in [0.29, 0.717) is 5.02 Å². The third kappa shape index (κ3) is 1.85. The first-order chi connectivity index (χ1) is 8.65. The monoisotopic (exact) mass is 256 g/mol. The molecule has 0 amide bonds. The van der Waals surface area contributed by atoms with Gasteiger partial charge < -0.3 is 0 Å². The van der Waals surface area contributed by atoms with Crippen LogP contribution >= 0.6 is 11.6 Å². The van der Waals surface area contributed by atoms with Crippen molar-refractivity contribution in [3.8, 4) is 0 Å². The van der Waals surface area contributed by atoms with Gasteiger partial charge >= 0.3 is 0 Å². The standard InChI is InChI=1S/C16H13ClO/c1-10-2-3-11-4-5-12-9-13(17)6-7-14(12)16(18)15(11)8-10/h2-3,6-9H,4-5H2,1H3. The average Bonchev–Trinajstić information content (AvgIpc) is 2.48. The number of carbonyl (C=O) groups is 1. The van der Waals surface area contributed by atoms with Crippen LogP contribution in [0.2, 0.25) is 5.02 Å². The van der Waals surface area contributed by atoms with Crippen LogP contribution in [0.1, 0.15) is 32.6 Å². The molecular formula is C16H13ClO. The summed E-state index contributed by atoms with van der Waals surface area (Å²) in [5.41, 5.74) is 4.96. The molecule has 2 heteroatoms. The molecule has 2 aromatic carbocycles. The highest BCUT2D eigenvalue weighted by Crippen LogP contribution is 2.27. The molecule has 18 heavy (non-hydrogen) atoms. The van der Waals surface area contributed by atoms with E-state index in [9.17, 15) is 4.79 Å². The van der Waals surface area contributed by atoms with E-state index in [2.05, 4.69) is 12.1 Å². The fourth-order valence-corrected chi connectivity index (χ4v) is 2.72. The van der Waals surface area contributed by atoms with Crippen LogP contribution in [-0.2, 0) is 12.8 Å². The summed E-state index contributed by atoms with van der Waals surface area (Å²) in [5.74, 6) is 0.123. The fourth-order valence-electron chi connectivity index (χ4n) is 2.52. The predicted molar refractivity (Wildman–Crippen MR) is 73.5 cm³/mol. The Morgan fingerprint density at radius 1 is 0.944 bits per heavy atom. The molecule has 0 fully saturated rings. The number of hydrogen-bond donors (Lipinski definition) is 0. The van der Waals surface area contributed by atoms with Gasteiger partial charge in [0.05, 0.1) is 0 Å². The van der Waals surface area contributed by atoms with Gasteiger partial charge in [0, 0.05) is 16.1 Å². The number of aryl methyl sites for hydroxylation is 3. The molecule has 0 spiro atoms. The van der Waals surface area contributed by atoms with E-state index in [4.69, 9.17) is 11.6 Å². The van der Waals surface area contributed by atoms with Crippen molar-refractivity contribution in [2.45, 2.75) is 19.8 Å². The third-order valence-corrected chi connectivity index (χ3v) is 3.72. The molecule has 1 aliphatic rings. The highest BCUT2D eigenvalue weighted by Gasteiger charge is 2.21. The maximum absolute atomic E-state index is 12.5. The topological polar surface area (TPSA) is 17.1 Å². The summed E-state index contributed by atoms with van der Waals surface area (Å²) < 4.78 is 0. The Hall–Kier alpha value is -1.60. The number of ketones is 1. The lowest BCUT2D eigenvalue weighted by Gasteiger charge is -2.06. The van der Waals surface area contributed by atoms with E-state index in [-0.39, 0.29) is 5.78 Å². The van der Waals surface area contributed by atoms with Crippen molar-refractivity contribution in [2.24, 2.45) is 0 Å². The zero-order valence-electron chi connectivity index (χ0n) is 10.2. The zero-order chi connectivity index (χ0) is 12.7. The second-order valence-electron chi connectivity index (χ2n) is 4.79. The highest BCUT2D eigenvalue weighted by molar-refractivity contribution is 6.30. The maximum Gasteiger partial charge on any atom is 0.193 e. The van der Waals surface area contributed by atoms with Gasteiger partial charge in [0.25, 0.3) is 0 Å². The quantitative estimate of drug-likeness (QED) is 0.697. The summed E-state index contributed by atoms with van der Waals surface area (Å²) in [5, 5.41) is 0.698. The van der Waals surface area contributed by atoms with Gasteiger partial charge in [0.1, 0.15) is 0 Å². The minimum absolute atomic E-state index is 0.123. The molecule has 0 aliphatic heterocycles. The lowest BCUT2D eigenvalue weighted by Crippen LogP contribution is -2.04. The molecule has 0 radical (unpaired) electrons. The Kier molecular flexibility index (Phi) is 2.71. The van der Waals surface area contributed by atoms with Crippen molar-refractivity contribution in [3.63, 3.8) is 0 Å². The Morgan fingerprint density at radius 2 is 1.72 bits per heavy atom. The van der Waals surface area contributed by atoms with E-state index in [1.165, 1.54) is 0 Å². The number of hydrogen-bond acceptors (Lipinski definition) is 1. The van der Waals surface area contributed by atoms with E-state index in [0.717, 1.165) is 40.7 Å². The molecule has 0 aromatic heterocycles. The molecule has 1 nitrogen and oxygen atoms in total. The number of carbonyl (C=O) groups excluding carboxylic acids is 1. The molecule has 0 N–H and O–H groups in total. The molecule has 1 aliphatic carbocycles. The van der Waals surface area contributed by atoms with Crippen molar-refractivity contribution < 1.29 is 4.79 Å². The van der Waals surface area contributed by atoms with Gasteiger partial charge in [-0.25, -0.2) is 0 Å². The molecule has 0 saturated heterocycles. The van der Waals surface area contributed by atoms with Crippen LogP contribution in [0.4, 0.5) is 0 Å². The minimum atomic E-state index is 0.123. The first-order valence-electron chi connectivity index (χ1n) is 6.08. The predicted octanol–water partition coefficient (Wildman–Crippen LogP) is 3.98. The lowest BCUT2D eigenvalue weighted by molar-refractivity contribution is 0.103. The maximum atomic E-state index is 12.5. The smallest absolute Gasteiger partial charge is 0.193 e. The molecule has 0 heterocycles. The number of fused-ring (bicyclic) bond motifs is 2. The molecule has 0 unspecified atom stereocenters. The summed E-state index contributed by atoms with van der Waals surface area (Å²) in [7, 11) is 0. The van der Waals surface area contributed by atoms with Gasteiger partial charge in [-0.15, -0.1) is 0 Å². The Bertz CT molecular complexity index is 644. The van der Waals surface area contributed by atoms with Gasteiger partial charge in [0.15, 0.2) is 5.78 Å². The molecular weight excluding hydrogens is 244 g/mol. The van der Waals surface area contributed by atoms with Crippen molar-refractivity contribution >= 4 is 17.4 Å². The van der Waals surface area contributed by atoms with Crippen LogP contribution in [-0.4, -0.2) is 5.78 Å². The largest absolute Gasteiger partial charge is 0.289 e. The van der Waals surface area contributed by atoms with Gasteiger partial charge in [-0.3, -0.25) is 4.79 Å². The normalized spacial score (nSPS) is 13.8. The van der Waals surface area contributed by atoms with Crippen LogP contribution in [0.5, 0.6) is 0 Å². The highest BCUT2D eigenvalue weighted by atomic mass is 35.5. The Balaban J connectivity index is 2.20. The van der Waals surface area contributed by atoms with Crippen molar-refractivity contribution in [1.82, 2.24) is 0 Å². The number of benzene rings is 2. The lowest BCUT2D eigenvalue weighted by atomic mass is 9.97. The van der Waals surface area contributed by atoms with E-state index < -0.39 is 0 Å². The van der Waals surface area contributed by atoms with Crippen LogP contribution in [0.25, 0.3) is 0 Å². The fraction of sp³-hybridized carbons (Fsp3) is 0.188. The van der Waals surface area contributed by atoms with Crippen LogP contribution in [0.3, 0.4) is 0 Å². The van der Waals surface area contributed by atoms with Crippen molar-refractivity contribution in [2.75, 3.05) is 0 Å². The molecule has 0 bridgehead atoms. The second-order valence-corrected chi connectivity index (χ2v) is 5.23. The SMILES string of the molecule is Cc1ccc2c(c1)C(=O)c1ccc(Cl)cc1CC2. The average molecular weight is 257 g/mol. The molecule has 90 valence electrons. The first kappa shape index (κ1) is 11.5. The van der Waals surface area contributed by atoms with Crippen LogP contribution in [0, 0.1) is 6.92 Å². The zero-order valence-corrected chi connectivity index (χ0v) is 10.9. The summed E-state index contributed by atoms with van der Waals surface area (Å²) in [6.45, 7) is 2.02. The summed E-state index contributed by atoms with van der Waals surface area (Å²) >= 11 is 6.00. The van der Waals surface area contributed by atoms with E-state index in [1.54, 1.807) is 6.07 Å². The number of rotatable bonds is 0. The molecule has 0 atom stereocenters.